The third-order valence-corrected chi connectivity index (χ3v) is 6.55. The number of anilines is 1. The maximum atomic E-state index is 13.2. The fourth-order valence-electron chi connectivity index (χ4n) is 4.16. The zero-order valence-corrected chi connectivity index (χ0v) is 19.3. The molecule has 3 aromatic rings. The molecular weight excluding hydrogens is 447 g/mol. The number of aryl methyl sites for hydroxylation is 1. The van der Waals surface area contributed by atoms with Crippen molar-refractivity contribution in [3.8, 4) is 5.88 Å². The first-order chi connectivity index (χ1) is 15.3. The van der Waals surface area contributed by atoms with E-state index in [1.54, 1.807) is 36.8 Å². The summed E-state index contributed by atoms with van der Waals surface area (Å²) < 4.78 is 6.14. The fraction of sp³-hybridized carbons (Fsp3) is 0.292. The number of carbonyl (C=O) groups excluding carboxylic acids is 1. The minimum Gasteiger partial charge on any atom is -0.474 e. The summed E-state index contributed by atoms with van der Waals surface area (Å²) in [5, 5.41) is 0.989. The molecule has 1 amide bonds. The van der Waals surface area contributed by atoms with Crippen LogP contribution < -0.4 is 10.5 Å². The van der Waals surface area contributed by atoms with Gasteiger partial charge in [0.1, 0.15) is 6.10 Å². The average molecular weight is 471 g/mol. The highest BCUT2D eigenvalue weighted by molar-refractivity contribution is 6.42. The van der Waals surface area contributed by atoms with Crippen LogP contribution in [0.25, 0.3) is 0 Å². The van der Waals surface area contributed by atoms with E-state index in [-0.39, 0.29) is 23.8 Å². The minimum absolute atomic E-state index is 0.0216. The molecule has 8 heteroatoms. The summed E-state index contributed by atoms with van der Waals surface area (Å²) in [7, 11) is 0. The molecule has 1 fully saturated rings. The number of nitrogens with two attached hydrogens (primary N) is 1. The second-order valence-corrected chi connectivity index (χ2v) is 8.97. The van der Waals surface area contributed by atoms with Gasteiger partial charge in [-0.3, -0.25) is 9.78 Å². The number of nitrogens with zero attached hydrogens (tertiary/aromatic N) is 3. The average Bonchev–Trinajstić information content (AvgIpc) is 3.22. The predicted molar refractivity (Wildman–Crippen MR) is 126 cm³/mol. The third kappa shape index (κ3) is 4.81. The maximum Gasteiger partial charge on any atom is 0.255 e. The Kier molecular flexibility index (Phi) is 6.53. The zero-order valence-electron chi connectivity index (χ0n) is 17.8. The largest absolute Gasteiger partial charge is 0.474 e. The third-order valence-electron chi connectivity index (χ3n) is 5.81. The number of ether oxygens (including phenoxy) is 1. The standard InChI is InChI=1S/C24H24Cl2N4O2/c1-14-7-17(10-28-9-14)24(31)30-12-19(15(2)32-23-6-4-18(27)11-29-23)20(13-30)16-3-5-21(25)22(26)8-16/h3-11,15,19-20H,12-13,27H2,1-2H3/t15-,19+,20+/m0/s1. The summed E-state index contributed by atoms with van der Waals surface area (Å²) in [5.74, 6) is 0.488. The molecule has 1 aromatic carbocycles. The SMILES string of the molecule is Cc1cncc(C(=O)N2C[C@H]([C@H](C)Oc3ccc(N)cn3)[C@@H](c3ccc(Cl)c(Cl)c3)C2)c1. The van der Waals surface area contributed by atoms with Gasteiger partial charge in [-0.1, -0.05) is 29.3 Å². The van der Waals surface area contributed by atoms with E-state index >= 15 is 0 Å². The van der Waals surface area contributed by atoms with Gasteiger partial charge in [0, 0.05) is 43.4 Å². The van der Waals surface area contributed by atoms with Gasteiger partial charge in [0.15, 0.2) is 0 Å². The Morgan fingerprint density at radius 3 is 2.62 bits per heavy atom. The molecule has 32 heavy (non-hydrogen) atoms. The van der Waals surface area contributed by atoms with Crippen molar-refractivity contribution in [2.24, 2.45) is 5.92 Å². The van der Waals surface area contributed by atoms with Gasteiger partial charge in [-0.2, -0.15) is 0 Å². The van der Waals surface area contributed by atoms with Gasteiger partial charge in [0.25, 0.3) is 5.91 Å². The van der Waals surface area contributed by atoms with Gasteiger partial charge < -0.3 is 15.4 Å². The van der Waals surface area contributed by atoms with E-state index < -0.39 is 0 Å². The van der Waals surface area contributed by atoms with Gasteiger partial charge in [0.05, 0.1) is 27.5 Å². The first kappa shape index (κ1) is 22.4. The first-order valence-electron chi connectivity index (χ1n) is 10.4. The van der Waals surface area contributed by atoms with Crippen LogP contribution in [0.5, 0.6) is 5.88 Å². The Morgan fingerprint density at radius 1 is 1.12 bits per heavy atom. The molecular formula is C24H24Cl2N4O2. The summed E-state index contributed by atoms with van der Waals surface area (Å²) >= 11 is 12.4. The molecule has 3 atom stereocenters. The minimum atomic E-state index is -0.209. The van der Waals surface area contributed by atoms with E-state index in [1.165, 1.54) is 0 Å². The lowest BCUT2D eigenvalue weighted by Gasteiger charge is -2.25. The summed E-state index contributed by atoms with van der Waals surface area (Å²) in [4.78, 5) is 23.5. The molecule has 2 aromatic heterocycles. The molecule has 1 saturated heterocycles. The van der Waals surface area contributed by atoms with Crippen LogP contribution in [0.3, 0.4) is 0 Å². The van der Waals surface area contributed by atoms with Crippen molar-refractivity contribution in [1.82, 2.24) is 14.9 Å². The topological polar surface area (TPSA) is 81.3 Å². The second-order valence-electron chi connectivity index (χ2n) is 8.16. The quantitative estimate of drug-likeness (QED) is 0.567. The highest BCUT2D eigenvalue weighted by atomic mass is 35.5. The van der Waals surface area contributed by atoms with Gasteiger partial charge in [-0.15, -0.1) is 0 Å². The van der Waals surface area contributed by atoms with Gasteiger partial charge in [0.2, 0.25) is 5.88 Å². The van der Waals surface area contributed by atoms with E-state index in [0.29, 0.717) is 40.3 Å². The van der Waals surface area contributed by atoms with Crippen molar-refractivity contribution >= 4 is 34.8 Å². The summed E-state index contributed by atoms with van der Waals surface area (Å²) in [5.41, 5.74) is 8.84. The van der Waals surface area contributed by atoms with E-state index in [9.17, 15) is 4.79 Å². The van der Waals surface area contributed by atoms with Crippen LogP contribution in [0.15, 0.2) is 55.0 Å². The lowest BCUT2D eigenvalue weighted by molar-refractivity contribution is 0.0769. The zero-order chi connectivity index (χ0) is 22.8. The second kappa shape index (κ2) is 9.35. The smallest absolute Gasteiger partial charge is 0.255 e. The van der Waals surface area contributed by atoms with Crippen molar-refractivity contribution < 1.29 is 9.53 Å². The van der Waals surface area contributed by atoms with Crippen molar-refractivity contribution in [2.75, 3.05) is 18.8 Å². The van der Waals surface area contributed by atoms with E-state index in [4.69, 9.17) is 33.7 Å². The molecule has 0 radical (unpaired) electrons. The molecule has 1 aliphatic rings. The maximum absolute atomic E-state index is 13.2. The molecule has 0 spiro atoms. The Hall–Kier alpha value is -2.83. The van der Waals surface area contributed by atoms with E-state index in [2.05, 4.69) is 9.97 Å². The van der Waals surface area contributed by atoms with Crippen LogP contribution in [0.4, 0.5) is 5.69 Å². The summed E-state index contributed by atoms with van der Waals surface area (Å²) in [6.45, 7) is 4.99. The molecule has 1 aliphatic heterocycles. The molecule has 0 saturated carbocycles. The number of benzene rings is 1. The molecule has 0 aliphatic carbocycles. The molecule has 166 valence electrons. The lowest BCUT2D eigenvalue weighted by Crippen LogP contribution is -2.32. The monoisotopic (exact) mass is 470 g/mol. The van der Waals surface area contributed by atoms with Crippen LogP contribution in [0, 0.1) is 12.8 Å². The number of aromatic nitrogens is 2. The highest BCUT2D eigenvalue weighted by Gasteiger charge is 2.40. The molecule has 4 rings (SSSR count). The van der Waals surface area contributed by atoms with Crippen LogP contribution in [-0.4, -0.2) is 40.0 Å². The number of hydrogen-bond donors (Lipinski definition) is 1. The normalized spacial score (nSPS) is 19.1. The number of nitrogen functional groups attached to an aromatic ring is 1. The number of likely N-dealkylation sites (tertiary alicyclic amines) is 1. The molecule has 6 nitrogen and oxygen atoms in total. The molecule has 3 heterocycles. The Balaban J connectivity index is 1.61. The van der Waals surface area contributed by atoms with Crippen molar-refractivity contribution in [1.29, 1.82) is 0 Å². The molecule has 2 N–H and O–H groups in total. The molecule has 0 bridgehead atoms. The van der Waals surface area contributed by atoms with Gasteiger partial charge in [-0.25, -0.2) is 4.98 Å². The van der Waals surface area contributed by atoms with Crippen molar-refractivity contribution in [3.05, 3.63) is 81.7 Å². The summed E-state index contributed by atoms with van der Waals surface area (Å²) in [6.07, 6.45) is 4.69. The van der Waals surface area contributed by atoms with Crippen LogP contribution in [0.2, 0.25) is 10.0 Å². The van der Waals surface area contributed by atoms with Crippen LogP contribution in [-0.2, 0) is 0 Å². The number of halogens is 2. The number of hydrogen-bond acceptors (Lipinski definition) is 5. The predicted octanol–water partition coefficient (Wildman–Crippen LogP) is 5.00. The number of carbonyl (C=O) groups is 1. The van der Waals surface area contributed by atoms with Gasteiger partial charge >= 0.3 is 0 Å². The summed E-state index contributed by atoms with van der Waals surface area (Å²) in [6, 6.07) is 11.0. The Bertz CT molecular complexity index is 1120. The first-order valence-corrected chi connectivity index (χ1v) is 11.1. The van der Waals surface area contributed by atoms with Gasteiger partial charge in [-0.05, 0) is 49.2 Å². The Morgan fingerprint density at radius 2 is 1.94 bits per heavy atom. The fourth-order valence-corrected chi connectivity index (χ4v) is 4.47. The van der Waals surface area contributed by atoms with Crippen molar-refractivity contribution in [2.45, 2.75) is 25.9 Å². The van der Waals surface area contributed by atoms with Crippen LogP contribution >= 0.6 is 23.2 Å². The number of pyridine rings is 2. The molecule has 0 unspecified atom stereocenters. The highest BCUT2D eigenvalue weighted by Crippen LogP contribution is 2.38. The van der Waals surface area contributed by atoms with E-state index in [0.717, 1.165) is 11.1 Å². The van der Waals surface area contributed by atoms with Crippen LogP contribution in [0.1, 0.15) is 34.3 Å². The number of amides is 1. The number of rotatable bonds is 5. The lowest BCUT2D eigenvalue weighted by atomic mass is 9.86. The van der Waals surface area contributed by atoms with Crippen molar-refractivity contribution in [3.63, 3.8) is 0 Å². The van der Waals surface area contributed by atoms with E-state index in [1.807, 2.05) is 36.9 Å². The Labute approximate surface area is 197 Å².